The lowest BCUT2D eigenvalue weighted by molar-refractivity contribution is -0.119. The molecule has 1 aliphatic rings. The highest BCUT2D eigenvalue weighted by Crippen LogP contribution is 2.31. The molecule has 176 valence electrons. The number of thiophene rings is 1. The predicted molar refractivity (Wildman–Crippen MR) is 136 cm³/mol. The minimum atomic E-state index is -0.106. The Labute approximate surface area is 202 Å². The largest absolute Gasteiger partial charge is 0.497 e. The van der Waals surface area contributed by atoms with Crippen LogP contribution in [0.2, 0.25) is 0 Å². The standard InChI is InChI=1S/C25H31N3O3S2/c1-5-20-16(3)22-23(33-20)27-25(28(24(22)30)17-10-8-11-18(13-17)31-4)32-14-21(29)26-19-12-7-6-9-15(19)2/h8,10-11,13,15,19H,5-7,9,12,14H2,1-4H3,(H,26,29). The number of nitrogens with one attached hydrogen (secondary N) is 1. The van der Waals surface area contributed by atoms with Crippen molar-refractivity contribution in [2.45, 2.75) is 64.1 Å². The molecule has 2 aromatic heterocycles. The van der Waals surface area contributed by atoms with Crippen LogP contribution in [0.4, 0.5) is 0 Å². The number of rotatable bonds is 7. The summed E-state index contributed by atoms with van der Waals surface area (Å²) in [6.45, 7) is 6.28. The molecule has 0 bridgehead atoms. The van der Waals surface area contributed by atoms with Gasteiger partial charge in [0, 0.05) is 17.0 Å². The van der Waals surface area contributed by atoms with Gasteiger partial charge >= 0.3 is 0 Å². The number of amides is 1. The molecule has 1 aromatic carbocycles. The van der Waals surface area contributed by atoms with Crippen LogP contribution >= 0.6 is 23.1 Å². The van der Waals surface area contributed by atoms with E-state index in [1.807, 2.05) is 31.2 Å². The SMILES string of the molecule is CCc1sc2nc(SCC(=O)NC3CCCCC3C)n(-c3cccc(OC)c3)c(=O)c2c1C. The first-order valence-electron chi connectivity index (χ1n) is 11.5. The van der Waals surface area contributed by atoms with E-state index < -0.39 is 0 Å². The third-order valence-corrected chi connectivity index (χ3v) is 8.72. The Hall–Kier alpha value is -2.32. The minimum absolute atomic E-state index is 0.0121. The van der Waals surface area contributed by atoms with E-state index in [9.17, 15) is 9.59 Å². The Bertz CT molecular complexity index is 1220. The fraction of sp³-hybridized carbons (Fsp3) is 0.480. The number of carbonyl (C=O) groups excluding carboxylic acids is 1. The van der Waals surface area contributed by atoms with Crippen molar-refractivity contribution in [2.75, 3.05) is 12.9 Å². The van der Waals surface area contributed by atoms with Crippen molar-refractivity contribution in [3.05, 3.63) is 45.1 Å². The first-order valence-corrected chi connectivity index (χ1v) is 13.3. The third-order valence-electron chi connectivity index (χ3n) is 6.46. The lowest BCUT2D eigenvalue weighted by Gasteiger charge is -2.29. The van der Waals surface area contributed by atoms with E-state index in [2.05, 4.69) is 19.2 Å². The normalized spacial score (nSPS) is 18.4. The van der Waals surface area contributed by atoms with Gasteiger partial charge < -0.3 is 10.1 Å². The predicted octanol–water partition coefficient (Wildman–Crippen LogP) is 5.11. The summed E-state index contributed by atoms with van der Waals surface area (Å²) in [6, 6.07) is 7.62. The summed E-state index contributed by atoms with van der Waals surface area (Å²) in [5.74, 6) is 1.37. The van der Waals surface area contributed by atoms with Crippen LogP contribution in [0.1, 0.15) is 50.0 Å². The zero-order chi connectivity index (χ0) is 23.5. The van der Waals surface area contributed by atoms with Crippen molar-refractivity contribution < 1.29 is 9.53 Å². The number of nitrogens with zero attached hydrogens (tertiary/aromatic N) is 2. The van der Waals surface area contributed by atoms with Gasteiger partial charge in [-0.1, -0.05) is 44.5 Å². The molecule has 6 nitrogen and oxygen atoms in total. The second kappa shape index (κ2) is 10.3. The summed E-state index contributed by atoms with van der Waals surface area (Å²) in [4.78, 5) is 33.2. The first-order chi connectivity index (χ1) is 15.9. The average molecular weight is 486 g/mol. The molecule has 3 aromatic rings. The molecule has 1 fully saturated rings. The molecular formula is C25H31N3O3S2. The number of hydrogen-bond donors (Lipinski definition) is 1. The molecule has 2 atom stereocenters. The van der Waals surface area contributed by atoms with Gasteiger partial charge in [-0.2, -0.15) is 0 Å². The summed E-state index contributed by atoms with van der Waals surface area (Å²) in [5.41, 5.74) is 1.57. The zero-order valence-electron chi connectivity index (χ0n) is 19.6. The molecule has 8 heteroatoms. The number of fused-ring (bicyclic) bond motifs is 1. The van der Waals surface area contributed by atoms with Gasteiger partial charge in [0.2, 0.25) is 5.91 Å². The van der Waals surface area contributed by atoms with Gasteiger partial charge in [0.25, 0.3) is 5.56 Å². The number of thioether (sulfide) groups is 1. The molecule has 1 saturated carbocycles. The summed E-state index contributed by atoms with van der Waals surface area (Å²) >= 11 is 2.87. The van der Waals surface area contributed by atoms with Crippen LogP contribution in [0.15, 0.2) is 34.2 Å². The molecule has 1 amide bonds. The maximum absolute atomic E-state index is 13.7. The number of carbonyl (C=O) groups is 1. The second-order valence-corrected chi connectivity index (χ2v) is 10.7. The summed E-state index contributed by atoms with van der Waals surface area (Å²) in [6.07, 6.45) is 5.44. The fourth-order valence-electron chi connectivity index (χ4n) is 4.53. The van der Waals surface area contributed by atoms with E-state index in [1.165, 1.54) is 18.2 Å². The van der Waals surface area contributed by atoms with Crippen molar-refractivity contribution >= 4 is 39.2 Å². The van der Waals surface area contributed by atoms with Gasteiger partial charge in [0.1, 0.15) is 10.6 Å². The van der Waals surface area contributed by atoms with E-state index in [0.717, 1.165) is 41.0 Å². The lowest BCUT2D eigenvalue weighted by Crippen LogP contribution is -2.41. The number of hydrogen-bond acceptors (Lipinski definition) is 6. The van der Waals surface area contributed by atoms with Gasteiger partial charge in [-0.25, -0.2) is 4.98 Å². The van der Waals surface area contributed by atoms with Gasteiger partial charge in [0.05, 0.1) is 23.9 Å². The average Bonchev–Trinajstić information content (AvgIpc) is 3.14. The molecule has 0 radical (unpaired) electrons. The maximum Gasteiger partial charge on any atom is 0.267 e. The smallest absolute Gasteiger partial charge is 0.267 e. The van der Waals surface area contributed by atoms with Gasteiger partial charge in [-0.15, -0.1) is 11.3 Å². The van der Waals surface area contributed by atoms with Crippen molar-refractivity contribution in [1.29, 1.82) is 0 Å². The molecule has 4 rings (SSSR count). The maximum atomic E-state index is 13.7. The Morgan fingerprint density at radius 2 is 2.12 bits per heavy atom. The van der Waals surface area contributed by atoms with E-state index in [4.69, 9.17) is 9.72 Å². The number of ether oxygens (including phenoxy) is 1. The Balaban J connectivity index is 1.69. The molecule has 1 aliphatic carbocycles. The van der Waals surface area contributed by atoms with E-state index in [0.29, 0.717) is 27.9 Å². The molecule has 0 saturated heterocycles. The fourth-order valence-corrected chi connectivity index (χ4v) is 6.51. The Morgan fingerprint density at radius 1 is 1.33 bits per heavy atom. The molecule has 2 unspecified atom stereocenters. The van der Waals surface area contributed by atoms with Crippen molar-refractivity contribution in [3.63, 3.8) is 0 Å². The highest BCUT2D eigenvalue weighted by Gasteiger charge is 2.24. The van der Waals surface area contributed by atoms with Crippen LogP contribution in [0.25, 0.3) is 15.9 Å². The molecule has 33 heavy (non-hydrogen) atoms. The van der Waals surface area contributed by atoms with Crippen molar-refractivity contribution in [1.82, 2.24) is 14.9 Å². The molecule has 1 N–H and O–H groups in total. The molecule has 2 heterocycles. The van der Waals surface area contributed by atoms with Crippen LogP contribution in [-0.2, 0) is 11.2 Å². The molecule has 0 spiro atoms. The quantitative estimate of drug-likeness (QED) is 0.372. The Morgan fingerprint density at radius 3 is 2.85 bits per heavy atom. The van der Waals surface area contributed by atoms with Crippen LogP contribution in [-0.4, -0.2) is 34.4 Å². The highest BCUT2D eigenvalue weighted by atomic mass is 32.2. The number of benzene rings is 1. The first kappa shape index (κ1) is 23.8. The highest BCUT2D eigenvalue weighted by molar-refractivity contribution is 7.99. The third kappa shape index (κ3) is 4.96. The molecule has 0 aliphatic heterocycles. The summed E-state index contributed by atoms with van der Waals surface area (Å²) in [5, 5.41) is 4.38. The van der Waals surface area contributed by atoms with Gasteiger partial charge in [-0.3, -0.25) is 14.2 Å². The van der Waals surface area contributed by atoms with Crippen LogP contribution < -0.4 is 15.6 Å². The van der Waals surface area contributed by atoms with Gasteiger partial charge in [0.15, 0.2) is 5.16 Å². The zero-order valence-corrected chi connectivity index (χ0v) is 21.3. The van der Waals surface area contributed by atoms with Crippen LogP contribution in [0.5, 0.6) is 5.75 Å². The van der Waals surface area contributed by atoms with E-state index >= 15 is 0 Å². The second-order valence-electron chi connectivity index (χ2n) is 8.64. The van der Waals surface area contributed by atoms with E-state index in [1.54, 1.807) is 23.0 Å². The minimum Gasteiger partial charge on any atom is -0.497 e. The Kier molecular flexibility index (Phi) is 7.44. The number of aryl methyl sites for hydroxylation is 2. The van der Waals surface area contributed by atoms with Crippen LogP contribution in [0.3, 0.4) is 0 Å². The van der Waals surface area contributed by atoms with Crippen molar-refractivity contribution in [2.24, 2.45) is 5.92 Å². The topological polar surface area (TPSA) is 73.2 Å². The number of aromatic nitrogens is 2. The molecular weight excluding hydrogens is 454 g/mol. The van der Waals surface area contributed by atoms with Crippen LogP contribution in [0, 0.1) is 12.8 Å². The summed E-state index contributed by atoms with van der Waals surface area (Å²) in [7, 11) is 1.60. The number of methoxy groups -OCH3 is 1. The van der Waals surface area contributed by atoms with Crippen molar-refractivity contribution in [3.8, 4) is 11.4 Å². The lowest BCUT2D eigenvalue weighted by atomic mass is 9.86. The van der Waals surface area contributed by atoms with E-state index in [-0.39, 0.29) is 23.3 Å². The summed E-state index contributed by atoms with van der Waals surface area (Å²) < 4.78 is 6.99. The monoisotopic (exact) mass is 485 g/mol. The van der Waals surface area contributed by atoms with Gasteiger partial charge in [-0.05, 0) is 49.8 Å².